The van der Waals surface area contributed by atoms with E-state index in [0.29, 0.717) is 0 Å². The van der Waals surface area contributed by atoms with Crippen molar-refractivity contribution in [2.24, 2.45) is 0 Å². The molecule has 86 valence electrons. The van der Waals surface area contributed by atoms with Crippen LogP contribution in [-0.4, -0.2) is 31.6 Å². The minimum atomic E-state index is 1.09. The van der Waals surface area contributed by atoms with Crippen molar-refractivity contribution >= 4 is 11.3 Å². The quantitative estimate of drug-likeness (QED) is 0.685. The summed E-state index contributed by atoms with van der Waals surface area (Å²) in [7, 11) is 2.20. The molecule has 0 bridgehead atoms. The molecule has 0 aliphatic carbocycles. The Bertz CT molecular complexity index is 234. The summed E-state index contributed by atoms with van der Waals surface area (Å²) in [5.74, 6) is 0. The SMILES string of the molecule is CCNCCCCN(C)Cc1ccsc1. The van der Waals surface area contributed by atoms with Crippen LogP contribution in [-0.2, 0) is 6.54 Å². The molecule has 0 aliphatic rings. The summed E-state index contributed by atoms with van der Waals surface area (Å²) in [5, 5.41) is 7.73. The predicted octanol–water partition coefficient (Wildman–Crippen LogP) is 2.57. The van der Waals surface area contributed by atoms with Gasteiger partial charge in [0.1, 0.15) is 0 Å². The third-order valence-corrected chi connectivity index (χ3v) is 3.16. The molecule has 1 N–H and O–H groups in total. The van der Waals surface area contributed by atoms with Crippen molar-refractivity contribution in [2.75, 3.05) is 26.7 Å². The second kappa shape index (κ2) is 7.85. The average Bonchev–Trinajstić information content (AvgIpc) is 2.70. The maximum absolute atomic E-state index is 3.35. The zero-order valence-corrected chi connectivity index (χ0v) is 10.6. The molecule has 0 spiro atoms. The van der Waals surface area contributed by atoms with E-state index >= 15 is 0 Å². The lowest BCUT2D eigenvalue weighted by atomic mass is 10.2. The number of thiophene rings is 1. The van der Waals surface area contributed by atoms with Gasteiger partial charge >= 0.3 is 0 Å². The molecule has 0 aromatic carbocycles. The molecule has 0 aliphatic heterocycles. The Morgan fingerprint density at radius 3 is 2.93 bits per heavy atom. The van der Waals surface area contributed by atoms with Crippen molar-refractivity contribution in [3.05, 3.63) is 22.4 Å². The highest BCUT2D eigenvalue weighted by atomic mass is 32.1. The van der Waals surface area contributed by atoms with E-state index < -0.39 is 0 Å². The van der Waals surface area contributed by atoms with E-state index in [2.05, 4.69) is 41.0 Å². The van der Waals surface area contributed by atoms with Crippen LogP contribution in [0.3, 0.4) is 0 Å². The molecule has 2 nitrogen and oxygen atoms in total. The van der Waals surface area contributed by atoms with Gasteiger partial charge in [-0.3, -0.25) is 0 Å². The first-order valence-corrected chi connectivity index (χ1v) is 6.67. The lowest BCUT2D eigenvalue weighted by Gasteiger charge is -2.15. The molecule has 0 saturated heterocycles. The predicted molar refractivity (Wildman–Crippen MR) is 68.4 cm³/mol. The summed E-state index contributed by atoms with van der Waals surface area (Å²) >= 11 is 1.78. The molecule has 1 aromatic heterocycles. The van der Waals surface area contributed by atoms with Crippen LogP contribution in [0, 0.1) is 0 Å². The first kappa shape index (κ1) is 12.7. The fourth-order valence-corrected chi connectivity index (χ4v) is 2.24. The maximum atomic E-state index is 3.35. The highest BCUT2D eigenvalue weighted by molar-refractivity contribution is 7.07. The van der Waals surface area contributed by atoms with Crippen molar-refractivity contribution in [3.63, 3.8) is 0 Å². The molecule has 0 atom stereocenters. The Morgan fingerprint density at radius 2 is 2.27 bits per heavy atom. The van der Waals surface area contributed by atoms with Crippen LogP contribution in [0.1, 0.15) is 25.3 Å². The Balaban J connectivity index is 2.01. The van der Waals surface area contributed by atoms with Gasteiger partial charge in [-0.15, -0.1) is 0 Å². The van der Waals surface area contributed by atoms with Gasteiger partial charge in [0, 0.05) is 6.54 Å². The minimum absolute atomic E-state index is 1.09. The molecule has 0 amide bonds. The van der Waals surface area contributed by atoms with Gasteiger partial charge in [-0.1, -0.05) is 6.92 Å². The fraction of sp³-hybridized carbons (Fsp3) is 0.667. The van der Waals surface area contributed by atoms with E-state index in [1.54, 1.807) is 11.3 Å². The van der Waals surface area contributed by atoms with Crippen LogP contribution in [0.2, 0.25) is 0 Å². The maximum Gasteiger partial charge on any atom is 0.0238 e. The zero-order chi connectivity index (χ0) is 10.9. The molecular weight excluding hydrogens is 204 g/mol. The van der Waals surface area contributed by atoms with Crippen LogP contribution in [0.15, 0.2) is 16.8 Å². The van der Waals surface area contributed by atoms with Gasteiger partial charge in [-0.25, -0.2) is 0 Å². The molecule has 15 heavy (non-hydrogen) atoms. The van der Waals surface area contributed by atoms with Gasteiger partial charge in [-0.05, 0) is 61.9 Å². The monoisotopic (exact) mass is 226 g/mol. The number of hydrogen-bond acceptors (Lipinski definition) is 3. The average molecular weight is 226 g/mol. The highest BCUT2D eigenvalue weighted by Gasteiger charge is 1.99. The third-order valence-electron chi connectivity index (χ3n) is 2.43. The standard InChI is InChI=1S/C12H22N2S/c1-3-13-7-4-5-8-14(2)10-12-6-9-15-11-12/h6,9,11,13H,3-5,7-8,10H2,1-2H3. The first-order valence-electron chi connectivity index (χ1n) is 5.73. The summed E-state index contributed by atoms with van der Waals surface area (Å²) in [6.45, 7) is 6.68. The third kappa shape index (κ3) is 5.92. The normalized spacial score (nSPS) is 11.1. The second-order valence-electron chi connectivity index (χ2n) is 3.93. The van der Waals surface area contributed by atoms with Crippen LogP contribution >= 0.6 is 11.3 Å². The first-order chi connectivity index (χ1) is 7.33. The van der Waals surface area contributed by atoms with Gasteiger partial charge in [0.05, 0.1) is 0 Å². The number of hydrogen-bond donors (Lipinski definition) is 1. The van der Waals surface area contributed by atoms with E-state index in [9.17, 15) is 0 Å². The Hall–Kier alpha value is -0.380. The van der Waals surface area contributed by atoms with E-state index in [1.807, 2.05) is 0 Å². The van der Waals surface area contributed by atoms with Crippen molar-refractivity contribution in [3.8, 4) is 0 Å². The van der Waals surface area contributed by atoms with Crippen molar-refractivity contribution < 1.29 is 0 Å². The zero-order valence-electron chi connectivity index (χ0n) is 9.83. The molecule has 0 unspecified atom stereocenters. The van der Waals surface area contributed by atoms with Crippen LogP contribution in [0.4, 0.5) is 0 Å². The molecule has 3 heteroatoms. The minimum Gasteiger partial charge on any atom is -0.317 e. The van der Waals surface area contributed by atoms with Crippen molar-refractivity contribution in [1.82, 2.24) is 10.2 Å². The van der Waals surface area contributed by atoms with Crippen LogP contribution in [0.5, 0.6) is 0 Å². The second-order valence-corrected chi connectivity index (χ2v) is 4.71. The molecule has 0 fully saturated rings. The number of unbranched alkanes of at least 4 members (excludes halogenated alkanes) is 1. The van der Waals surface area contributed by atoms with E-state index in [1.165, 1.54) is 24.9 Å². The van der Waals surface area contributed by atoms with E-state index in [-0.39, 0.29) is 0 Å². The van der Waals surface area contributed by atoms with Gasteiger partial charge in [0.25, 0.3) is 0 Å². The van der Waals surface area contributed by atoms with Gasteiger partial charge in [0.2, 0.25) is 0 Å². The summed E-state index contributed by atoms with van der Waals surface area (Å²) in [4.78, 5) is 2.40. The van der Waals surface area contributed by atoms with Crippen LogP contribution < -0.4 is 5.32 Å². The Kier molecular flexibility index (Phi) is 6.64. The van der Waals surface area contributed by atoms with Gasteiger partial charge in [0.15, 0.2) is 0 Å². The fourth-order valence-electron chi connectivity index (χ4n) is 1.58. The summed E-state index contributed by atoms with van der Waals surface area (Å²) < 4.78 is 0. The summed E-state index contributed by atoms with van der Waals surface area (Å²) in [5.41, 5.74) is 1.44. The highest BCUT2D eigenvalue weighted by Crippen LogP contribution is 2.08. The molecule has 0 radical (unpaired) electrons. The van der Waals surface area contributed by atoms with Crippen molar-refractivity contribution in [1.29, 1.82) is 0 Å². The summed E-state index contributed by atoms with van der Waals surface area (Å²) in [6.07, 6.45) is 2.56. The smallest absolute Gasteiger partial charge is 0.0238 e. The van der Waals surface area contributed by atoms with Crippen molar-refractivity contribution in [2.45, 2.75) is 26.3 Å². The van der Waals surface area contributed by atoms with Gasteiger partial charge < -0.3 is 10.2 Å². The van der Waals surface area contributed by atoms with E-state index in [4.69, 9.17) is 0 Å². The molecule has 1 aromatic rings. The number of nitrogens with one attached hydrogen (secondary N) is 1. The topological polar surface area (TPSA) is 15.3 Å². The number of nitrogens with zero attached hydrogens (tertiary/aromatic N) is 1. The molecule has 1 rings (SSSR count). The molecular formula is C12H22N2S. The Morgan fingerprint density at radius 1 is 1.40 bits per heavy atom. The van der Waals surface area contributed by atoms with Gasteiger partial charge in [-0.2, -0.15) is 11.3 Å². The largest absolute Gasteiger partial charge is 0.317 e. The molecule has 0 saturated carbocycles. The van der Waals surface area contributed by atoms with E-state index in [0.717, 1.165) is 19.6 Å². The number of rotatable bonds is 8. The Labute approximate surface area is 97.3 Å². The lowest BCUT2D eigenvalue weighted by Crippen LogP contribution is -2.20. The molecule has 1 heterocycles. The lowest BCUT2D eigenvalue weighted by molar-refractivity contribution is 0.318. The summed E-state index contributed by atoms with van der Waals surface area (Å²) in [6, 6.07) is 2.21. The van der Waals surface area contributed by atoms with Crippen LogP contribution in [0.25, 0.3) is 0 Å².